The molecule has 4 aromatic carbocycles. The highest BCUT2D eigenvalue weighted by Gasteiger charge is 2.25. The molecule has 1 amide bonds. The third kappa shape index (κ3) is 6.95. The Labute approximate surface area is 285 Å². The number of carbonyl (C=O) groups is 1. The van der Waals surface area contributed by atoms with E-state index < -0.39 is 4.92 Å². The second-order valence-corrected chi connectivity index (χ2v) is 13.3. The zero-order valence-electron chi connectivity index (χ0n) is 25.7. The van der Waals surface area contributed by atoms with E-state index in [1.165, 1.54) is 22.3 Å². The number of aryl methyl sites for hydroxylation is 1. The predicted octanol–water partition coefficient (Wildman–Crippen LogP) is 9.81. The summed E-state index contributed by atoms with van der Waals surface area (Å²) in [6.07, 6.45) is 5.44. The third-order valence-corrected chi connectivity index (χ3v) is 10.1. The highest BCUT2D eigenvalue weighted by atomic mass is 32.2. The van der Waals surface area contributed by atoms with E-state index in [9.17, 15) is 14.9 Å². The van der Waals surface area contributed by atoms with Gasteiger partial charge < -0.3 is 5.32 Å². The Bertz CT molecular complexity index is 2080. The van der Waals surface area contributed by atoms with E-state index in [1.54, 1.807) is 18.3 Å². The van der Waals surface area contributed by atoms with Gasteiger partial charge in [-0.25, -0.2) is 15.0 Å². The molecule has 0 radical (unpaired) electrons. The minimum Gasteiger partial charge on any atom is -0.322 e. The molecule has 6 aromatic rings. The molecule has 0 saturated carbocycles. The molecule has 48 heavy (non-hydrogen) atoms. The Morgan fingerprint density at radius 3 is 2.10 bits per heavy atom. The van der Waals surface area contributed by atoms with Gasteiger partial charge in [-0.3, -0.25) is 14.9 Å². The van der Waals surface area contributed by atoms with Crippen LogP contribution in [0, 0.1) is 10.1 Å². The number of nitrogens with zero attached hydrogens (tertiary/aromatic N) is 4. The van der Waals surface area contributed by atoms with Gasteiger partial charge in [0.2, 0.25) is 0 Å². The summed E-state index contributed by atoms with van der Waals surface area (Å²) in [5.74, 6) is -0.196. The summed E-state index contributed by atoms with van der Waals surface area (Å²) in [7, 11) is 0. The lowest BCUT2D eigenvalue weighted by Gasteiger charge is -2.12. The number of carbonyl (C=O) groups excluding carboxylic acids is 1. The number of rotatable bonds is 9. The molecule has 1 aliphatic rings. The summed E-state index contributed by atoms with van der Waals surface area (Å²) >= 11 is 2.67. The number of hydrogen-bond donors (Lipinski definition) is 1. The topological polar surface area (TPSA) is 110 Å². The molecule has 0 unspecified atom stereocenters. The van der Waals surface area contributed by atoms with E-state index in [0.717, 1.165) is 65.5 Å². The Morgan fingerprint density at radius 1 is 0.833 bits per heavy atom. The first kappa shape index (κ1) is 31.2. The fourth-order valence-corrected chi connectivity index (χ4v) is 7.74. The van der Waals surface area contributed by atoms with Crippen LogP contribution < -0.4 is 5.32 Å². The quantitative estimate of drug-likeness (QED) is 0.0711. The summed E-state index contributed by atoms with van der Waals surface area (Å²) in [6.45, 7) is 0. The number of thiophene rings is 1. The lowest BCUT2D eigenvalue weighted by Crippen LogP contribution is -2.14. The Hall–Kier alpha value is -5.45. The molecule has 2 heterocycles. The Morgan fingerprint density at radius 2 is 1.46 bits per heavy atom. The van der Waals surface area contributed by atoms with Gasteiger partial charge in [-0.2, -0.15) is 0 Å². The average Bonchev–Trinajstić information content (AvgIpc) is 3.51. The molecule has 0 saturated heterocycles. The van der Waals surface area contributed by atoms with Gasteiger partial charge in [0.25, 0.3) is 11.6 Å². The standard InChI is InChI=1S/C38H29N5O3S2/c44-36(40-28-16-8-3-9-17-28)35-29-18-10-11-19-33(29)47-37(35)39-24-25-20-21-34(32(22-25)43(45)46)48-38-41-30(26-12-4-1-5-13-26)23-31(42-38)27-14-6-2-7-15-27/h1-9,12-17,20-24H,10-11,18-19H2,(H,40,44). The molecule has 236 valence electrons. The van der Waals surface area contributed by atoms with Crippen LogP contribution in [0.15, 0.2) is 130 Å². The van der Waals surface area contributed by atoms with Crippen molar-refractivity contribution in [2.75, 3.05) is 5.32 Å². The van der Waals surface area contributed by atoms with Crippen LogP contribution >= 0.6 is 23.1 Å². The van der Waals surface area contributed by atoms with Crippen LogP contribution in [0.2, 0.25) is 0 Å². The third-order valence-electron chi connectivity index (χ3n) is 7.97. The SMILES string of the molecule is O=C(Nc1ccccc1)c1c(N=Cc2ccc(Sc3nc(-c4ccccc4)cc(-c4ccccc4)n3)c([N+](=O)[O-])c2)sc2c1CCCC2. The Kier molecular flexibility index (Phi) is 9.17. The summed E-state index contributed by atoms with van der Waals surface area (Å²) < 4.78 is 0. The number of fused-ring (bicyclic) bond motifs is 1. The van der Waals surface area contributed by atoms with E-state index in [2.05, 4.69) is 5.32 Å². The number of amides is 1. The lowest BCUT2D eigenvalue weighted by molar-refractivity contribution is -0.387. The van der Waals surface area contributed by atoms with E-state index in [0.29, 0.717) is 31.9 Å². The fourth-order valence-electron chi connectivity index (χ4n) is 5.65. The van der Waals surface area contributed by atoms with Gasteiger partial charge in [-0.15, -0.1) is 11.3 Å². The predicted molar refractivity (Wildman–Crippen MR) is 193 cm³/mol. The number of anilines is 1. The molecule has 0 aliphatic heterocycles. The van der Waals surface area contributed by atoms with Crippen molar-refractivity contribution < 1.29 is 9.72 Å². The first-order valence-electron chi connectivity index (χ1n) is 15.5. The van der Waals surface area contributed by atoms with Crippen LogP contribution in [0.5, 0.6) is 0 Å². The number of nitro groups is 1. The lowest BCUT2D eigenvalue weighted by atomic mass is 9.95. The minimum absolute atomic E-state index is 0.0774. The van der Waals surface area contributed by atoms with E-state index >= 15 is 0 Å². The van der Waals surface area contributed by atoms with Gasteiger partial charge in [-0.1, -0.05) is 84.9 Å². The van der Waals surface area contributed by atoms with Crippen LogP contribution in [-0.2, 0) is 12.8 Å². The summed E-state index contributed by atoms with van der Waals surface area (Å²) in [6, 6.07) is 35.8. The van der Waals surface area contributed by atoms with Crippen LogP contribution in [0.25, 0.3) is 22.5 Å². The number of benzene rings is 4. The summed E-state index contributed by atoms with van der Waals surface area (Å²) in [4.78, 5) is 41.3. The molecule has 0 spiro atoms. The van der Waals surface area contributed by atoms with Crippen LogP contribution in [0.4, 0.5) is 16.4 Å². The number of nitro benzene ring substituents is 1. The molecule has 7 rings (SSSR count). The van der Waals surface area contributed by atoms with Crippen LogP contribution in [0.3, 0.4) is 0 Å². The zero-order chi connectivity index (χ0) is 32.9. The molecule has 0 atom stereocenters. The van der Waals surface area contributed by atoms with Gasteiger partial charge in [0.05, 0.1) is 26.8 Å². The molecular weight excluding hydrogens is 639 g/mol. The summed E-state index contributed by atoms with van der Waals surface area (Å²) in [5.41, 5.74) is 6.12. The van der Waals surface area contributed by atoms with Crippen LogP contribution in [0.1, 0.15) is 39.2 Å². The monoisotopic (exact) mass is 667 g/mol. The van der Waals surface area contributed by atoms with E-state index in [1.807, 2.05) is 97.1 Å². The number of aliphatic imine (C=N–C) groups is 1. The second kappa shape index (κ2) is 14.1. The number of aromatic nitrogens is 2. The van der Waals surface area contributed by atoms with Gasteiger partial charge in [0.15, 0.2) is 5.16 Å². The molecule has 0 bridgehead atoms. The molecule has 1 N–H and O–H groups in total. The van der Waals surface area contributed by atoms with Gasteiger partial charge >= 0.3 is 0 Å². The Balaban J connectivity index is 1.20. The fraction of sp³-hybridized carbons (Fsp3) is 0.105. The first-order valence-corrected chi connectivity index (χ1v) is 17.2. The van der Waals surface area contributed by atoms with E-state index in [-0.39, 0.29) is 11.6 Å². The molecule has 8 nitrogen and oxygen atoms in total. The normalized spacial score (nSPS) is 12.5. The van der Waals surface area contributed by atoms with E-state index in [4.69, 9.17) is 15.0 Å². The highest BCUT2D eigenvalue weighted by Crippen LogP contribution is 2.41. The van der Waals surface area contributed by atoms with Crippen molar-refractivity contribution in [2.45, 2.75) is 35.7 Å². The maximum absolute atomic E-state index is 13.5. The molecule has 0 fully saturated rings. The zero-order valence-corrected chi connectivity index (χ0v) is 27.3. The van der Waals surface area contributed by atoms with Crippen molar-refractivity contribution in [3.63, 3.8) is 0 Å². The van der Waals surface area contributed by atoms with Crippen molar-refractivity contribution in [1.29, 1.82) is 0 Å². The van der Waals surface area contributed by atoms with Gasteiger partial charge in [0, 0.05) is 34.0 Å². The van der Waals surface area contributed by atoms with Crippen molar-refractivity contribution in [2.24, 2.45) is 4.99 Å². The number of para-hydroxylation sites is 1. The maximum Gasteiger partial charge on any atom is 0.283 e. The van der Waals surface area contributed by atoms with Gasteiger partial charge in [0.1, 0.15) is 5.00 Å². The number of nitrogens with one attached hydrogen (secondary N) is 1. The first-order chi connectivity index (χ1) is 23.5. The smallest absolute Gasteiger partial charge is 0.283 e. The minimum atomic E-state index is -0.401. The molecular formula is C38H29N5O3S2. The van der Waals surface area contributed by atoms with Crippen molar-refractivity contribution in [3.05, 3.63) is 147 Å². The van der Waals surface area contributed by atoms with Crippen molar-refractivity contribution in [3.8, 4) is 22.5 Å². The largest absolute Gasteiger partial charge is 0.322 e. The highest BCUT2D eigenvalue weighted by molar-refractivity contribution is 7.99. The summed E-state index contributed by atoms with van der Waals surface area (Å²) in [5, 5.41) is 16.3. The average molecular weight is 668 g/mol. The maximum atomic E-state index is 13.5. The van der Waals surface area contributed by atoms with Crippen LogP contribution in [-0.4, -0.2) is 27.0 Å². The second-order valence-electron chi connectivity index (χ2n) is 11.2. The van der Waals surface area contributed by atoms with Crippen molar-refractivity contribution in [1.82, 2.24) is 9.97 Å². The molecule has 2 aromatic heterocycles. The number of hydrogen-bond acceptors (Lipinski definition) is 8. The van der Waals surface area contributed by atoms with Gasteiger partial charge in [-0.05, 0) is 72.8 Å². The molecule has 10 heteroatoms. The molecule has 1 aliphatic carbocycles. The van der Waals surface area contributed by atoms with Crippen molar-refractivity contribution >= 4 is 51.6 Å².